The molecule has 8 heteroatoms. The summed E-state index contributed by atoms with van der Waals surface area (Å²) in [5.74, 6) is 0.364. The number of anilines is 1. The van der Waals surface area contributed by atoms with Crippen molar-refractivity contribution in [2.24, 2.45) is 0 Å². The zero-order valence-corrected chi connectivity index (χ0v) is 15.1. The highest BCUT2D eigenvalue weighted by molar-refractivity contribution is 5.86. The van der Waals surface area contributed by atoms with Crippen LogP contribution in [0.5, 0.6) is 5.75 Å². The average Bonchev–Trinajstić information content (AvgIpc) is 3.28. The first kappa shape index (κ1) is 17.9. The Morgan fingerprint density at radius 1 is 1.07 bits per heavy atom. The van der Waals surface area contributed by atoms with Crippen molar-refractivity contribution in [1.29, 1.82) is 5.26 Å². The monoisotopic (exact) mass is 381 g/mol. The number of nitrogens with zero attached hydrogens (tertiary/aromatic N) is 5. The fourth-order valence-electron chi connectivity index (χ4n) is 2.76. The van der Waals surface area contributed by atoms with E-state index in [-0.39, 0.29) is 17.1 Å². The second-order valence-corrected chi connectivity index (χ2v) is 6.06. The molecule has 0 fully saturated rings. The van der Waals surface area contributed by atoms with E-state index in [2.05, 4.69) is 30.9 Å². The lowest BCUT2D eigenvalue weighted by molar-refractivity contribution is 0.480. The van der Waals surface area contributed by atoms with Crippen LogP contribution in [0, 0.1) is 11.3 Å². The van der Waals surface area contributed by atoms with Crippen LogP contribution in [0.3, 0.4) is 0 Å². The van der Waals surface area contributed by atoms with Gasteiger partial charge in [0.25, 0.3) is 0 Å². The van der Waals surface area contributed by atoms with Gasteiger partial charge in [-0.1, -0.05) is 42.5 Å². The summed E-state index contributed by atoms with van der Waals surface area (Å²) in [7, 11) is 0. The summed E-state index contributed by atoms with van der Waals surface area (Å²) in [6.07, 6.45) is 5.30. The van der Waals surface area contributed by atoms with Crippen LogP contribution in [0.15, 0.2) is 60.8 Å². The number of nitriles is 1. The summed E-state index contributed by atoms with van der Waals surface area (Å²) in [6.45, 7) is 0. The van der Waals surface area contributed by atoms with E-state index in [1.54, 1.807) is 12.1 Å². The number of H-pyrrole nitrogens is 1. The van der Waals surface area contributed by atoms with Gasteiger partial charge in [-0.2, -0.15) is 10.5 Å². The molecule has 0 amide bonds. The van der Waals surface area contributed by atoms with Gasteiger partial charge in [0.05, 0.1) is 5.69 Å². The van der Waals surface area contributed by atoms with E-state index < -0.39 is 0 Å². The third-order valence-electron chi connectivity index (χ3n) is 4.19. The number of phenols is 1. The normalized spacial score (nSPS) is 11.6. The van der Waals surface area contributed by atoms with Crippen LogP contribution < -0.4 is 5.32 Å². The van der Waals surface area contributed by atoms with Gasteiger partial charge >= 0.3 is 0 Å². The van der Waals surface area contributed by atoms with Gasteiger partial charge in [-0.25, -0.2) is 4.98 Å². The molecule has 2 aromatic heterocycles. The van der Waals surface area contributed by atoms with Gasteiger partial charge in [0, 0.05) is 17.3 Å². The molecular weight excluding hydrogens is 366 g/mol. The molecule has 0 spiro atoms. The SMILES string of the molecule is N#CC(=CNc1ccccc1C=Cc1ccc2cccc(O)c2n1)c1nn[nH]n1. The van der Waals surface area contributed by atoms with Gasteiger partial charge in [-0.05, 0) is 35.1 Å². The highest BCUT2D eigenvalue weighted by atomic mass is 16.3. The van der Waals surface area contributed by atoms with E-state index in [0.717, 1.165) is 16.6 Å². The number of aromatic nitrogens is 5. The Balaban J connectivity index is 1.60. The van der Waals surface area contributed by atoms with Crippen molar-refractivity contribution >= 4 is 34.3 Å². The number of fused-ring (bicyclic) bond motifs is 1. The van der Waals surface area contributed by atoms with Crippen molar-refractivity contribution in [3.63, 3.8) is 0 Å². The number of aromatic hydroxyl groups is 1. The van der Waals surface area contributed by atoms with Crippen LogP contribution in [0.1, 0.15) is 17.1 Å². The molecule has 8 nitrogen and oxygen atoms in total. The molecule has 0 aliphatic carbocycles. The van der Waals surface area contributed by atoms with E-state index in [1.807, 2.05) is 60.7 Å². The van der Waals surface area contributed by atoms with Crippen LogP contribution in [-0.2, 0) is 0 Å². The van der Waals surface area contributed by atoms with Crippen LogP contribution >= 0.6 is 0 Å². The van der Waals surface area contributed by atoms with Crippen LogP contribution in [0.4, 0.5) is 5.69 Å². The van der Waals surface area contributed by atoms with Gasteiger partial charge in [-0.3, -0.25) is 0 Å². The van der Waals surface area contributed by atoms with Gasteiger partial charge in [0.15, 0.2) is 0 Å². The zero-order valence-electron chi connectivity index (χ0n) is 15.1. The van der Waals surface area contributed by atoms with Gasteiger partial charge in [0.1, 0.15) is 22.9 Å². The second-order valence-electron chi connectivity index (χ2n) is 6.06. The molecule has 0 bridgehead atoms. The van der Waals surface area contributed by atoms with E-state index in [9.17, 15) is 10.4 Å². The highest BCUT2D eigenvalue weighted by Gasteiger charge is 2.06. The molecule has 140 valence electrons. The Morgan fingerprint density at radius 3 is 2.79 bits per heavy atom. The molecule has 29 heavy (non-hydrogen) atoms. The molecule has 0 saturated carbocycles. The number of rotatable bonds is 5. The highest BCUT2D eigenvalue weighted by Crippen LogP contribution is 2.24. The maximum absolute atomic E-state index is 10.0. The molecule has 0 saturated heterocycles. The summed E-state index contributed by atoms with van der Waals surface area (Å²) in [6, 6.07) is 18.8. The molecule has 2 aromatic carbocycles. The number of phenolic OH excluding ortho intramolecular Hbond substituents is 1. The first-order valence-corrected chi connectivity index (χ1v) is 8.71. The number of nitrogens with one attached hydrogen (secondary N) is 2. The third-order valence-corrected chi connectivity index (χ3v) is 4.19. The molecular formula is C21H15N7O. The molecule has 0 atom stereocenters. The number of pyridine rings is 1. The maximum Gasteiger partial charge on any atom is 0.216 e. The predicted molar refractivity (Wildman–Crippen MR) is 110 cm³/mol. The quantitative estimate of drug-likeness (QED) is 0.451. The fraction of sp³-hybridized carbons (Fsp3) is 0. The van der Waals surface area contributed by atoms with Gasteiger partial charge in [-0.15, -0.1) is 10.2 Å². The average molecular weight is 381 g/mol. The van der Waals surface area contributed by atoms with E-state index in [0.29, 0.717) is 11.2 Å². The minimum Gasteiger partial charge on any atom is -0.506 e. The molecule has 0 aliphatic rings. The molecule has 2 heterocycles. The van der Waals surface area contributed by atoms with E-state index in [4.69, 9.17) is 0 Å². The Morgan fingerprint density at radius 2 is 1.97 bits per heavy atom. The molecule has 4 aromatic rings. The van der Waals surface area contributed by atoms with E-state index >= 15 is 0 Å². The minimum absolute atomic E-state index is 0.149. The molecule has 0 unspecified atom stereocenters. The molecule has 3 N–H and O–H groups in total. The number of tetrazole rings is 1. The van der Waals surface area contributed by atoms with Crippen LogP contribution in [0.2, 0.25) is 0 Å². The van der Waals surface area contributed by atoms with Crippen molar-refractivity contribution in [3.8, 4) is 11.8 Å². The van der Waals surface area contributed by atoms with Crippen molar-refractivity contribution < 1.29 is 5.11 Å². The van der Waals surface area contributed by atoms with Crippen molar-refractivity contribution in [2.75, 3.05) is 5.32 Å². The second kappa shape index (κ2) is 8.02. The Bertz CT molecular complexity index is 1250. The van der Waals surface area contributed by atoms with Crippen LogP contribution in [0.25, 0.3) is 28.6 Å². The molecule has 0 radical (unpaired) electrons. The predicted octanol–water partition coefficient (Wildman–Crippen LogP) is 3.60. The standard InChI is InChI=1S/C21H15N7O/c22-12-16(21-25-27-28-26-21)13-23-18-6-2-1-4-14(18)8-10-17-11-9-15-5-3-7-19(29)20(15)24-17/h1-11,13,23,29H,(H,25,26,27,28). The number of benzene rings is 2. The van der Waals surface area contributed by atoms with Crippen molar-refractivity contribution in [2.45, 2.75) is 0 Å². The zero-order chi connectivity index (χ0) is 20.1. The maximum atomic E-state index is 10.0. The number of hydrogen-bond donors (Lipinski definition) is 3. The lowest BCUT2D eigenvalue weighted by atomic mass is 10.1. The Hall–Kier alpha value is -4.51. The number of allylic oxidation sites excluding steroid dienone is 1. The molecule has 4 rings (SSSR count). The smallest absolute Gasteiger partial charge is 0.216 e. The summed E-state index contributed by atoms with van der Waals surface area (Å²) < 4.78 is 0. The van der Waals surface area contributed by atoms with E-state index in [1.165, 1.54) is 6.20 Å². The lowest BCUT2D eigenvalue weighted by Crippen LogP contribution is -1.94. The van der Waals surface area contributed by atoms with Crippen LogP contribution in [-0.4, -0.2) is 30.7 Å². The largest absolute Gasteiger partial charge is 0.506 e. The number of aromatic amines is 1. The molecule has 0 aliphatic heterocycles. The summed E-state index contributed by atoms with van der Waals surface area (Å²) in [4.78, 5) is 4.50. The summed E-state index contributed by atoms with van der Waals surface area (Å²) in [5.41, 5.74) is 3.22. The Kier molecular flexibility index (Phi) is 4.95. The topological polar surface area (TPSA) is 123 Å². The summed E-state index contributed by atoms with van der Waals surface area (Å²) >= 11 is 0. The summed E-state index contributed by atoms with van der Waals surface area (Å²) in [5, 5.41) is 36.7. The van der Waals surface area contributed by atoms with Crippen molar-refractivity contribution in [1.82, 2.24) is 25.6 Å². The third kappa shape index (κ3) is 3.94. The van der Waals surface area contributed by atoms with Crippen molar-refractivity contribution in [3.05, 3.63) is 77.9 Å². The minimum atomic E-state index is 0.149. The number of para-hydroxylation sites is 2. The van der Waals surface area contributed by atoms with Gasteiger partial charge < -0.3 is 10.4 Å². The first-order valence-electron chi connectivity index (χ1n) is 8.71. The lowest BCUT2D eigenvalue weighted by Gasteiger charge is -2.06. The van der Waals surface area contributed by atoms with Gasteiger partial charge in [0.2, 0.25) is 5.82 Å². The first-order chi connectivity index (χ1) is 14.2. The number of hydrogen-bond acceptors (Lipinski definition) is 7. The fourth-order valence-corrected chi connectivity index (χ4v) is 2.76. The Labute approximate surface area is 165 Å².